The number of carboxylic acids is 1. The molecule has 0 saturated carbocycles. The van der Waals surface area contributed by atoms with Gasteiger partial charge in [0.05, 0.1) is 12.6 Å². The molecule has 1 N–H and O–H groups in total. The van der Waals surface area contributed by atoms with Crippen LogP contribution in [0.3, 0.4) is 0 Å². The summed E-state index contributed by atoms with van der Waals surface area (Å²) in [5.41, 5.74) is -0.632. The lowest BCUT2D eigenvalue weighted by Crippen LogP contribution is -2.46. The Balaban J connectivity index is 2.67. The second-order valence-corrected chi connectivity index (χ2v) is 5.02. The van der Waals surface area contributed by atoms with E-state index in [-0.39, 0.29) is 12.6 Å². The van der Waals surface area contributed by atoms with Crippen LogP contribution in [0.5, 0.6) is 0 Å². The molecule has 0 aliphatic carbocycles. The number of carboxylic acid groups (broad SMARTS) is 1. The topological polar surface area (TPSA) is 76.1 Å². The zero-order chi connectivity index (χ0) is 13.1. The molecule has 98 valence electrons. The first-order valence-corrected chi connectivity index (χ1v) is 5.59. The molecule has 1 aliphatic heterocycles. The molecule has 1 rings (SSSR count). The molecule has 6 nitrogen and oxygen atoms in total. The van der Waals surface area contributed by atoms with Crippen molar-refractivity contribution in [3.8, 4) is 0 Å². The summed E-state index contributed by atoms with van der Waals surface area (Å²) in [6, 6.07) is -0.207. The van der Waals surface area contributed by atoms with Crippen molar-refractivity contribution in [3.63, 3.8) is 0 Å². The Morgan fingerprint density at radius 1 is 1.47 bits per heavy atom. The maximum absolute atomic E-state index is 11.9. The van der Waals surface area contributed by atoms with Gasteiger partial charge in [0.2, 0.25) is 0 Å². The Kier molecular flexibility index (Phi) is 4.34. The molecule has 1 atom stereocenters. The number of amides is 1. The summed E-state index contributed by atoms with van der Waals surface area (Å²) in [6.07, 6.45) is 0.0439. The predicted molar refractivity (Wildman–Crippen MR) is 59.8 cm³/mol. The van der Waals surface area contributed by atoms with Crippen LogP contribution in [0.15, 0.2) is 0 Å². The highest BCUT2D eigenvalue weighted by molar-refractivity contribution is 5.77. The van der Waals surface area contributed by atoms with Gasteiger partial charge in [0.25, 0.3) is 0 Å². The Bertz CT molecular complexity index is 291. The van der Waals surface area contributed by atoms with Gasteiger partial charge in [-0.25, -0.2) is 4.79 Å². The minimum absolute atomic E-state index is 0.207. The number of aliphatic carboxylic acids is 1. The van der Waals surface area contributed by atoms with Crippen LogP contribution in [0.1, 0.15) is 27.2 Å². The summed E-state index contributed by atoms with van der Waals surface area (Å²) in [7, 11) is 0. The van der Waals surface area contributed by atoms with E-state index in [0.29, 0.717) is 19.6 Å². The number of ether oxygens (including phenoxy) is 2. The highest BCUT2D eigenvalue weighted by Crippen LogP contribution is 2.16. The van der Waals surface area contributed by atoms with Crippen molar-refractivity contribution in [3.05, 3.63) is 0 Å². The van der Waals surface area contributed by atoms with E-state index in [1.54, 1.807) is 20.8 Å². The fourth-order valence-corrected chi connectivity index (χ4v) is 1.58. The van der Waals surface area contributed by atoms with E-state index in [1.807, 2.05) is 0 Å². The summed E-state index contributed by atoms with van der Waals surface area (Å²) < 4.78 is 10.3. The lowest BCUT2D eigenvalue weighted by Gasteiger charge is -2.29. The molecular formula is C11H19NO5. The van der Waals surface area contributed by atoms with Crippen molar-refractivity contribution in [2.75, 3.05) is 19.8 Å². The first kappa shape index (κ1) is 13.8. The number of nitrogens with zero attached hydrogens (tertiary/aromatic N) is 1. The van der Waals surface area contributed by atoms with Crippen molar-refractivity contribution < 1.29 is 24.2 Å². The molecular weight excluding hydrogens is 226 g/mol. The molecule has 1 heterocycles. The van der Waals surface area contributed by atoms with E-state index in [4.69, 9.17) is 14.6 Å². The van der Waals surface area contributed by atoms with E-state index in [2.05, 4.69) is 0 Å². The molecule has 1 saturated heterocycles. The van der Waals surface area contributed by atoms with Crippen LogP contribution in [-0.2, 0) is 14.3 Å². The molecule has 1 unspecified atom stereocenters. The Labute approximate surface area is 100 Å². The summed E-state index contributed by atoms with van der Waals surface area (Å²) >= 11 is 0. The molecule has 1 amide bonds. The zero-order valence-corrected chi connectivity index (χ0v) is 10.4. The first-order valence-electron chi connectivity index (χ1n) is 5.59. The first-order chi connectivity index (χ1) is 7.79. The standard InChI is InChI=1S/C11H19NO5/c1-11(2,3)17-10(15)12(6-9(13)14)8-4-5-16-7-8/h8H,4-7H2,1-3H3,(H,13,14). The zero-order valence-electron chi connectivity index (χ0n) is 10.4. The van der Waals surface area contributed by atoms with E-state index >= 15 is 0 Å². The quantitative estimate of drug-likeness (QED) is 0.805. The SMILES string of the molecule is CC(C)(C)OC(=O)N(CC(=O)O)C1CCOC1. The lowest BCUT2D eigenvalue weighted by molar-refractivity contribution is -0.138. The van der Waals surface area contributed by atoms with Crippen LogP contribution in [-0.4, -0.2) is 53.5 Å². The molecule has 0 aromatic heterocycles. The third kappa shape index (κ3) is 4.60. The second kappa shape index (κ2) is 5.35. The van der Waals surface area contributed by atoms with Gasteiger partial charge in [0.15, 0.2) is 0 Å². The third-order valence-electron chi connectivity index (χ3n) is 2.28. The van der Waals surface area contributed by atoms with Gasteiger partial charge in [0, 0.05) is 6.61 Å². The van der Waals surface area contributed by atoms with Crippen LogP contribution in [0.2, 0.25) is 0 Å². The van der Waals surface area contributed by atoms with Gasteiger partial charge in [0.1, 0.15) is 12.1 Å². The van der Waals surface area contributed by atoms with Crippen LogP contribution >= 0.6 is 0 Å². The fourth-order valence-electron chi connectivity index (χ4n) is 1.58. The van der Waals surface area contributed by atoms with Gasteiger partial charge in [-0.3, -0.25) is 9.69 Å². The number of carbonyl (C=O) groups is 2. The summed E-state index contributed by atoms with van der Waals surface area (Å²) in [5.74, 6) is -1.05. The van der Waals surface area contributed by atoms with Crippen molar-refractivity contribution in [1.29, 1.82) is 0 Å². The van der Waals surface area contributed by atoms with Crippen molar-refractivity contribution in [2.45, 2.75) is 38.8 Å². The summed E-state index contributed by atoms with van der Waals surface area (Å²) in [5, 5.41) is 8.80. The smallest absolute Gasteiger partial charge is 0.411 e. The number of rotatable bonds is 3. The maximum Gasteiger partial charge on any atom is 0.411 e. The maximum atomic E-state index is 11.9. The van der Waals surface area contributed by atoms with Gasteiger partial charge in [-0.2, -0.15) is 0 Å². The molecule has 17 heavy (non-hydrogen) atoms. The second-order valence-electron chi connectivity index (χ2n) is 5.02. The molecule has 1 aliphatic rings. The minimum atomic E-state index is -1.05. The van der Waals surface area contributed by atoms with E-state index in [9.17, 15) is 9.59 Å². The largest absolute Gasteiger partial charge is 0.480 e. The van der Waals surface area contributed by atoms with Crippen LogP contribution in [0, 0.1) is 0 Å². The monoisotopic (exact) mass is 245 g/mol. The Morgan fingerprint density at radius 3 is 2.53 bits per heavy atom. The van der Waals surface area contributed by atoms with Gasteiger partial charge in [-0.05, 0) is 27.2 Å². The van der Waals surface area contributed by atoms with Crippen LogP contribution < -0.4 is 0 Å². The molecule has 6 heteroatoms. The van der Waals surface area contributed by atoms with E-state index in [0.717, 1.165) is 0 Å². The van der Waals surface area contributed by atoms with Crippen molar-refractivity contribution >= 4 is 12.1 Å². The molecule has 0 aromatic rings. The van der Waals surface area contributed by atoms with E-state index < -0.39 is 17.7 Å². The van der Waals surface area contributed by atoms with Gasteiger partial charge >= 0.3 is 12.1 Å². The van der Waals surface area contributed by atoms with Gasteiger partial charge < -0.3 is 14.6 Å². The number of carbonyl (C=O) groups excluding carboxylic acids is 1. The molecule has 0 aromatic carbocycles. The average molecular weight is 245 g/mol. The third-order valence-corrected chi connectivity index (χ3v) is 2.28. The van der Waals surface area contributed by atoms with Crippen LogP contribution in [0.4, 0.5) is 4.79 Å². The number of hydrogen-bond donors (Lipinski definition) is 1. The van der Waals surface area contributed by atoms with Crippen LogP contribution in [0.25, 0.3) is 0 Å². The molecule has 0 radical (unpaired) electrons. The van der Waals surface area contributed by atoms with Crippen molar-refractivity contribution in [2.24, 2.45) is 0 Å². The normalized spacial score (nSPS) is 20.1. The number of hydrogen-bond acceptors (Lipinski definition) is 4. The summed E-state index contributed by atoms with van der Waals surface area (Å²) in [4.78, 5) is 23.8. The molecule has 0 spiro atoms. The van der Waals surface area contributed by atoms with Gasteiger partial charge in [-0.15, -0.1) is 0 Å². The highest BCUT2D eigenvalue weighted by Gasteiger charge is 2.32. The van der Waals surface area contributed by atoms with Gasteiger partial charge in [-0.1, -0.05) is 0 Å². The Hall–Kier alpha value is -1.30. The van der Waals surface area contributed by atoms with Crippen molar-refractivity contribution in [1.82, 2.24) is 4.90 Å². The molecule has 0 bridgehead atoms. The highest BCUT2D eigenvalue weighted by atomic mass is 16.6. The van der Waals surface area contributed by atoms with E-state index in [1.165, 1.54) is 4.90 Å². The summed E-state index contributed by atoms with van der Waals surface area (Å²) in [6.45, 7) is 5.79. The minimum Gasteiger partial charge on any atom is -0.480 e. The average Bonchev–Trinajstić information content (AvgIpc) is 2.63. The Morgan fingerprint density at radius 2 is 2.12 bits per heavy atom. The molecule has 1 fully saturated rings. The lowest BCUT2D eigenvalue weighted by atomic mass is 10.2. The predicted octanol–water partition coefficient (Wildman–Crippen LogP) is 1.10. The fraction of sp³-hybridized carbons (Fsp3) is 0.818.